The number of epoxide rings is 1. The number of aldehydes is 1. The Hall–Kier alpha value is -1.27. The van der Waals surface area contributed by atoms with E-state index in [0.717, 1.165) is 56.0 Å². The first-order valence-corrected chi connectivity index (χ1v) is 13.4. The molecular formula is C30H50O5. The Balaban J connectivity index is 1.98. The van der Waals surface area contributed by atoms with Crippen LogP contribution in [0.2, 0.25) is 0 Å². The van der Waals surface area contributed by atoms with Gasteiger partial charge in [0.05, 0.1) is 17.3 Å². The van der Waals surface area contributed by atoms with Gasteiger partial charge in [0, 0.05) is 12.0 Å². The topological polar surface area (TPSA) is 90.3 Å². The predicted octanol–water partition coefficient (Wildman–Crippen LogP) is 5.82. The summed E-state index contributed by atoms with van der Waals surface area (Å²) in [6, 6.07) is 0. The third-order valence-corrected chi connectivity index (χ3v) is 8.76. The van der Waals surface area contributed by atoms with Crippen LogP contribution in [-0.2, 0) is 9.53 Å². The minimum atomic E-state index is -0.817. The van der Waals surface area contributed by atoms with Crippen LogP contribution in [0, 0.1) is 11.3 Å². The predicted molar refractivity (Wildman–Crippen MR) is 142 cm³/mol. The number of aliphatic hydroxyl groups excluding tert-OH is 2. The fourth-order valence-electron chi connectivity index (χ4n) is 6.00. The summed E-state index contributed by atoms with van der Waals surface area (Å²) in [6.07, 6.45) is 12.1. The second-order valence-electron chi connectivity index (χ2n) is 12.0. The number of ether oxygens (including phenoxy) is 1. The standard InChI is InChI=1S/C30H50O5/c1-21(11-8-12-22(2)19-26(33)27-28(4,5)35-27)13-9-16-29(6)25(14-10-18-31)24(23(3)20-32)15-17-30(29,7)34/h12-13,20,25-27,31,33-34H,8-11,14-19H2,1-7H3/b21-13+,22-12+,24-23+/t25-,26-,27-,29+,30+/m1/s1. The normalized spacial score (nSPS) is 33.4. The van der Waals surface area contributed by atoms with Gasteiger partial charge in [0.15, 0.2) is 0 Å². The lowest BCUT2D eigenvalue weighted by molar-refractivity contribution is -0.115. The summed E-state index contributed by atoms with van der Waals surface area (Å²) in [7, 11) is 0. The highest BCUT2D eigenvalue weighted by Gasteiger charge is 2.52. The molecule has 0 aromatic carbocycles. The lowest BCUT2D eigenvalue weighted by atomic mass is 9.54. The van der Waals surface area contributed by atoms with Gasteiger partial charge in [0.25, 0.3) is 0 Å². The molecule has 5 atom stereocenters. The molecule has 0 aromatic rings. The second-order valence-corrected chi connectivity index (χ2v) is 12.0. The van der Waals surface area contributed by atoms with Gasteiger partial charge in [-0.15, -0.1) is 0 Å². The molecule has 1 aliphatic heterocycles. The van der Waals surface area contributed by atoms with Gasteiger partial charge in [-0.3, -0.25) is 4.79 Å². The van der Waals surface area contributed by atoms with Crippen LogP contribution in [0.25, 0.3) is 0 Å². The maximum atomic E-state index is 11.6. The SMILES string of the molecule is C/C(=C\CC[C@@]1(C)[C@H](CCCO)/C(=C(\C)C=O)CC[C@]1(C)O)CC/C=C(\C)C[C@@H](O)[C@H]1OC1(C)C. The maximum absolute atomic E-state index is 11.6. The molecule has 1 saturated heterocycles. The van der Waals surface area contributed by atoms with E-state index in [4.69, 9.17) is 4.74 Å². The molecule has 3 N–H and O–H groups in total. The summed E-state index contributed by atoms with van der Waals surface area (Å²) >= 11 is 0. The molecule has 35 heavy (non-hydrogen) atoms. The van der Waals surface area contributed by atoms with Crippen molar-refractivity contribution in [1.82, 2.24) is 0 Å². The molecule has 1 heterocycles. The summed E-state index contributed by atoms with van der Waals surface area (Å²) in [6.45, 7) is 14.4. The van der Waals surface area contributed by atoms with Crippen molar-refractivity contribution in [2.45, 2.75) is 130 Å². The lowest BCUT2D eigenvalue weighted by Crippen LogP contribution is -2.52. The van der Waals surface area contributed by atoms with Crippen molar-refractivity contribution in [1.29, 1.82) is 0 Å². The summed E-state index contributed by atoms with van der Waals surface area (Å²) in [5.41, 5.74) is 3.09. The molecule has 1 saturated carbocycles. The number of hydrogen-bond donors (Lipinski definition) is 3. The average molecular weight is 491 g/mol. The van der Waals surface area contributed by atoms with Crippen molar-refractivity contribution in [3.05, 3.63) is 34.4 Å². The molecule has 0 bridgehead atoms. The molecule has 2 fully saturated rings. The second kappa shape index (κ2) is 12.3. The molecule has 1 aliphatic carbocycles. The average Bonchev–Trinajstić information content (AvgIpc) is 3.42. The Morgan fingerprint density at radius 3 is 2.31 bits per heavy atom. The smallest absolute Gasteiger partial charge is 0.145 e. The van der Waals surface area contributed by atoms with Crippen LogP contribution in [0.3, 0.4) is 0 Å². The molecule has 0 unspecified atom stereocenters. The monoisotopic (exact) mass is 490 g/mol. The summed E-state index contributed by atoms with van der Waals surface area (Å²) in [5, 5.41) is 31.2. The lowest BCUT2D eigenvalue weighted by Gasteiger charge is -2.53. The summed E-state index contributed by atoms with van der Waals surface area (Å²) in [5.74, 6) is 0.0924. The van der Waals surface area contributed by atoms with Gasteiger partial charge in [0.2, 0.25) is 0 Å². The van der Waals surface area contributed by atoms with E-state index in [2.05, 4.69) is 32.9 Å². The Kier molecular flexibility index (Phi) is 10.5. The number of hydrogen-bond acceptors (Lipinski definition) is 5. The molecular weight excluding hydrogens is 440 g/mol. The van der Waals surface area contributed by atoms with E-state index < -0.39 is 11.7 Å². The highest BCUT2D eigenvalue weighted by molar-refractivity contribution is 5.74. The number of rotatable bonds is 13. The van der Waals surface area contributed by atoms with Gasteiger partial charge >= 0.3 is 0 Å². The molecule has 0 radical (unpaired) electrons. The highest BCUT2D eigenvalue weighted by Crippen LogP contribution is 2.55. The van der Waals surface area contributed by atoms with Gasteiger partial charge < -0.3 is 20.1 Å². The van der Waals surface area contributed by atoms with Crippen molar-refractivity contribution in [3.8, 4) is 0 Å². The van der Waals surface area contributed by atoms with E-state index in [1.54, 1.807) is 0 Å². The molecule has 0 amide bonds. The largest absolute Gasteiger partial charge is 0.396 e. The highest BCUT2D eigenvalue weighted by atomic mass is 16.6. The van der Waals surface area contributed by atoms with Crippen LogP contribution in [0.1, 0.15) is 106 Å². The molecule has 2 aliphatic rings. The molecule has 2 rings (SSSR count). The van der Waals surface area contributed by atoms with E-state index in [-0.39, 0.29) is 29.6 Å². The molecule has 200 valence electrons. The van der Waals surface area contributed by atoms with Gasteiger partial charge in [0.1, 0.15) is 12.4 Å². The first kappa shape index (κ1) is 30.0. The quantitative estimate of drug-likeness (QED) is 0.131. The van der Waals surface area contributed by atoms with E-state index in [9.17, 15) is 20.1 Å². The van der Waals surface area contributed by atoms with Crippen LogP contribution < -0.4 is 0 Å². The molecule has 0 spiro atoms. The van der Waals surface area contributed by atoms with Gasteiger partial charge in [-0.1, -0.05) is 35.8 Å². The molecule has 0 aromatic heterocycles. The van der Waals surface area contributed by atoms with Crippen molar-refractivity contribution >= 4 is 6.29 Å². The fraction of sp³-hybridized carbons (Fsp3) is 0.767. The molecule has 5 heteroatoms. The third-order valence-electron chi connectivity index (χ3n) is 8.76. The zero-order valence-electron chi connectivity index (χ0n) is 23.2. The van der Waals surface area contributed by atoms with Crippen LogP contribution in [0.4, 0.5) is 0 Å². The zero-order valence-corrected chi connectivity index (χ0v) is 23.2. The summed E-state index contributed by atoms with van der Waals surface area (Å²) in [4.78, 5) is 11.6. The zero-order chi connectivity index (χ0) is 26.4. The third kappa shape index (κ3) is 7.61. The number of carbonyl (C=O) groups is 1. The van der Waals surface area contributed by atoms with Crippen molar-refractivity contribution in [2.24, 2.45) is 11.3 Å². The number of allylic oxidation sites excluding steroid dienone is 5. The Labute approximate surface area is 213 Å². The van der Waals surface area contributed by atoms with Crippen molar-refractivity contribution in [3.63, 3.8) is 0 Å². The first-order valence-electron chi connectivity index (χ1n) is 13.4. The van der Waals surface area contributed by atoms with E-state index >= 15 is 0 Å². The van der Waals surface area contributed by atoms with E-state index in [1.807, 2.05) is 27.7 Å². The Morgan fingerprint density at radius 2 is 1.74 bits per heavy atom. The van der Waals surface area contributed by atoms with E-state index in [0.29, 0.717) is 19.3 Å². The van der Waals surface area contributed by atoms with Crippen LogP contribution >= 0.6 is 0 Å². The van der Waals surface area contributed by atoms with Gasteiger partial charge in [-0.2, -0.15) is 0 Å². The Bertz CT molecular complexity index is 819. The first-order chi connectivity index (χ1) is 16.3. The van der Waals surface area contributed by atoms with Crippen LogP contribution in [0.15, 0.2) is 34.4 Å². The molecule has 5 nitrogen and oxygen atoms in total. The van der Waals surface area contributed by atoms with E-state index in [1.165, 1.54) is 11.1 Å². The minimum absolute atomic E-state index is 0.0577. The Morgan fingerprint density at radius 1 is 1.11 bits per heavy atom. The van der Waals surface area contributed by atoms with Crippen LogP contribution in [0.5, 0.6) is 0 Å². The minimum Gasteiger partial charge on any atom is -0.396 e. The van der Waals surface area contributed by atoms with Crippen molar-refractivity contribution in [2.75, 3.05) is 6.61 Å². The van der Waals surface area contributed by atoms with Crippen molar-refractivity contribution < 1.29 is 24.9 Å². The number of carbonyl (C=O) groups excluding carboxylic acids is 1. The van der Waals surface area contributed by atoms with Gasteiger partial charge in [-0.05, 0) is 111 Å². The summed E-state index contributed by atoms with van der Waals surface area (Å²) < 4.78 is 5.55. The van der Waals surface area contributed by atoms with Crippen LogP contribution in [-0.4, -0.2) is 51.6 Å². The maximum Gasteiger partial charge on any atom is 0.145 e. The van der Waals surface area contributed by atoms with Gasteiger partial charge in [-0.25, -0.2) is 0 Å². The fourth-order valence-corrected chi connectivity index (χ4v) is 6.00. The number of aliphatic hydroxyl groups is 3.